The quantitative estimate of drug-likeness (QED) is 0.124. The van der Waals surface area contributed by atoms with E-state index in [2.05, 4.69) is 31.9 Å². The molecule has 0 radical (unpaired) electrons. The zero-order chi connectivity index (χ0) is 30.0. The number of carbonyl (C=O) groups excluding carboxylic acids is 2. The van der Waals surface area contributed by atoms with Crippen molar-refractivity contribution in [2.45, 2.75) is 0 Å². The van der Waals surface area contributed by atoms with Crippen molar-refractivity contribution < 1.29 is 115 Å². The van der Waals surface area contributed by atoms with Gasteiger partial charge in [0.1, 0.15) is 0 Å². The summed E-state index contributed by atoms with van der Waals surface area (Å²) in [6.45, 7) is 0. The minimum Gasteiger partial charge on any atom is -0.289 e. The maximum absolute atomic E-state index is 12.4. The van der Waals surface area contributed by atoms with E-state index in [4.69, 9.17) is 4.42 Å². The van der Waals surface area contributed by atoms with Crippen molar-refractivity contribution in [1.29, 1.82) is 0 Å². The molecule has 0 saturated heterocycles. The Balaban J connectivity index is 0.000000354. The van der Waals surface area contributed by atoms with Crippen LogP contribution in [0.3, 0.4) is 0 Å². The minimum atomic E-state index is -1.31. The first-order valence-corrected chi connectivity index (χ1v) is 16.9. The maximum atomic E-state index is 12.4. The molecule has 6 rings (SSSR count). The molecule has 2 aliphatic rings. The van der Waals surface area contributed by atoms with Gasteiger partial charge < -0.3 is 5.48 Å². The van der Waals surface area contributed by atoms with E-state index in [1.54, 1.807) is 30.3 Å². The summed E-state index contributed by atoms with van der Waals surface area (Å²) in [5.74, 6) is -1.10. The third kappa shape index (κ3) is 8.64. The van der Waals surface area contributed by atoms with Gasteiger partial charge in [0.05, 0.1) is 0 Å². The Hall–Kier alpha value is -1.63. The van der Waals surface area contributed by atoms with Crippen molar-refractivity contribution in [3.8, 4) is 28.2 Å². The number of halogens is 2. The van der Waals surface area contributed by atoms with E-state index in [1.807, 2.05) is 60.7 Å². The van der Waals surface area contributed by atoms with E-state index in [1.165, 1.54) is 12.1 Å². The molecule has 12 heteroatoms. The van der Waals surface area contributed by atoms with Gasteiger partial charge in [-0.25, -0.2) is 0 Å². The van der Waals surface area contributed by atoms with Gasteiger partial charge in [0.15, 0.2) is 5.78 Å². The minimum absolute atomic E-state index is 0. The summed E-state index contributed by atoms with van der Waals surface area (Å²) in [5, 5.41) is 24.8. The number of aromatic carboxylic acids is 1. The first kappa shape index (κ1) is 39.5. The van der Waals surface area contributed by atoms with Crippen LogP contribution in [0.4, 0.5) is 0 Å². The number of hydrogen-bond donors (Lipinski definition) is 0. The van der Waals surface area contributed by atoms with Crippen LogP contribution in [-0.4, -0.2) is 17.2 Å². The van der Waals surface area contributed by atoms with E-state index in [9.17, 15) is 24.6 Å². The fourth-order valence-corrected chi connectivity index (χ4v) is 8.13. The summed E-state index contributed by atoms with van der Waals surface area (Å²) in [6.07, 6.45) is 0. The van der Waals surface area contributed by atoms with E-state index in [-0.39, 0.29) is 119 Å². The number of fused-ring (bicyclic) bond motifs is 2. The predicted molar refractivity (Wildman–Crippen MR) is 163 cm³/mol. The molecule has 4 aromatic rings. The molecule has 4 aromatic carbocycles. The van der Waals surface area contributed by atoms with Crippen molar-refractivity contribution >= 4 is 57.7 Å². The van der Waals surface area contributed by atoms with Crippen molar-refractivity contribution in [2.24, 2.45) is 0 Å². The van der Waals surface area contributed by atoms with Gasteiger partial charge in [-0.15, -0.1) is 0 Å². The van der Waals surface area contributed by atoms with Crippen molar-refractivity contribution in [1.82, 2.24) is 0 Å². The van der Waals surface area contributed by atoms with Crippen LogP contribution in [0.2, 0.25) is 0 Å². The van der Waals surface area contributed by atoms with E-state index < -0.39 is 5.97 Å². The fourth-order valence-electron chi connectivity index (χ4n) is 4.55. The largest absolute Gasteiger partial charge is 1.00 e. The average molecular weight is 934 g/mol. The van der Waals surface area contributed by atoms with Gasteiger partial charge >= 0.3 is 252 Å². The van der Waals surface area contributed by atoms with Crippen molar-refractivity contribution in [3.05, 3.63) is 139 Å². The number of carboxylic acids is 1. The number of carboxylic acid groups (broad SMARTS) is 1. The zero-order valence-electron chi connectivity index (χ0n) is 24.2. The van der Waals surface area contributed by atoms with E-state index >= 15 is 0 Å². The summed E-state index contributed by atoms with van der Waals surface area (Å²) in [7, 11) is 0. The molecule has 7 nitrogen and oxygen atoms in total. The number of carbonyl (C=O) groups is 2. The molecule has 0 bridgehead atoms. The first-order valence-electron chi connectivity index (χ1n) is 12.5. The molecule has 0 atom stereocenters. The van der Waals surface area contributed by atoms with Crippen LogP contribution in [-0.2, 0) is 26.1 Å². The summed E-state index contributed by atoms with van der Waals surface area (Å²) >= 11 is 6.47. The molecule has 1 aliphatic heterocycles. The standard InChI is InChI=1S/C20H9Br2O5.C13H10O.Hg.2Na.H2O/c21-13-5-11-17(7-15(13)23)27-18-8-16(24)14(22)6-12(18)19(11)9-3-1-2-4-10(9)20(25)26;14-13(11-7-3-1-4-8-11)12-9-5-2-6-10-12;;;;/h1-7,24H,(H,25,26);1-10H;;;;1H2/q;;;2*+1;/p-2. The van der Waals surface area contributed by atoms with Crippen LogP contribution >= 0.6 is 31.9 Å². The van der Waals surface area contributed by atoms with Crippen molar-refractivity contribution in [3.63, 3.8) is 0 Å². The Kier molecular flexibility index (Phi) is 15.4. The van der Waals surface area contributed by atoms with Crippen molar-refractivity contribution in [2.75, 3.05) is 0 Å². The molecule has 211 valence electrons. The molecule has 0 spiro atoms. The van der Waals surface area contributed by atoms with Crippen LogP contribution in [0.5, 0.6) is 5.75 Å². The average Bonchev–Trinajstić information content (AvgIpc) is 3.01. The number of rotatable bonds is 4. The van der Waals surface area contributed by atoms with Crippen LogP contribution < -0.4 is 77.8 Å². The molecule has 2 N–H and O–H groups in total. The second kappa shape index (κ2) is 17.5. The molecule has 1 heterocycles. The molecular weight excluding hydrogens is 915 g/mol. The zero-order valence-corrected chi connectivity index (χ0v) is 36.9. The number of hydrogen-bond acceptors (Lipinski definition) is 6. The van der Waals surface area contributed by atoms with Gasteiger partial charge in [-0.2, -0.15) is 0 Å². The van der Waals surface area contributed by atoms with Crippen LogP contribution in [0, 0.1) is 0 Å². The molecule has 0 saturated carbocycles. The molecule has 0 amide bonds. The summed E-state index contributed by atoms with van der Waals surface area (Å²) in [4.78, 5) is 35.7. The van der Waals surface area contributed by atoms with Gasteiger partial charge in [-0.1, -0.05) is 60.7 Å². The Morgan fingerprint density at radius 1 is 0.733 bits per heavy atom. The molecular formula is C33H19Br2HgNa2O7. The fraction of sp³-hybridized carbons (Fsp3) is 0. The van der Waals surface area contributed by atoms with Gasteiger partial charge in [0, 0.05) is 11.1 Å². The molecule has 0 unspecified atom stereocenters. The number of benzene rings is 5. The third-order valence-electron chi connectivity index (χ3n) is 6.55. The van der Waals surface area contributed by atoms with Crippen LogP contribution in [0.15, 0.2) is 121 Å². The normalized spacial score (nSPS) is 10.0. The van der Waals surface area contributed by atoms with Gasteiger partial charge in [-0.05, 0) is 0 Å². The predicted octanol–water partition coefficient (Wildman–Crippen LogP) is -1.20. The maximum Gasteiger partial charge on any atom is 1.00 e. The van der Waals surface area contributed by atoms with Gasteiger partial charge in [0.2, 0.25) is 0 Å². The second-order valence-corrected chi connectivity index (χ2v) is 13.7. The van der Waals surface area contributed by atoms with Gasteiger partial charge in [-0.3, -0.25) is 4.79 Å². The summed E-state index contributed by atoms with van der Waals surface area (Å²) in [5.41, 5.74) is 3.16. The van der Waals surface area contributed by atoms with Crippen LogP contribution in [0.25, 0.3) is 33.4 Å². The smallest absolute Gasteiger partial charge is 0.289 e. The molecule has 0 aromatic heterocycles. The topological polar surface area (TPSA) is 142 Å². The first-order chi connectivity index (χ1) is 20.2. The molecule has 0 fully saturated rings. The SMILES string of the molecule is O.O=C([O-])c1ccccc1-c1c2cc(Br)c(=O)cc-2oc2[c]([Hg])c([O-])c(Br)cc12.O=C(c1ccccc1)c1ccccc1.[Na+].[Na+]. The van der Waals surface area contributed by atoms with Gasteiger partial charge in [0.25, 0.3) is 0 Å². The molecule has 45 heavy (non-hydrogen) atoms. The van der Waals surface area contributed by atoms with E-state index in [0.717, 1.165) is 11.1 Å². The summed E-state index contributed by atoms with van der Waals surface area (Å²) < 4.78 is 7.22. The van der Waals surface area contributed by atoms with Crippen LogP contribution in [0.1, 0.15) is 26.3 Å². The Bertz CT molecular complexity index is 1960. The van der Waals surface area contributed by atoms with E-state index in [0.29, 0.717) is 39.7 Å². The monoisotopic (exact) mass is 933 g/mol. The second-order valence-electron chi connectivity index (χ2n) is 9.19. The third-order valence-corrected chi connectivity index (χ3v) is 10.3. The number of ketones is 1. The Morgan fingerprint density at radius 2 is 1.27 bits per heavy atom. The Morgan fingerprint density at radius 3 is 1.82 bits per heavy atom. The summed E-state index contributed by atoms with van der Waals surface area (Å²) in [6, 6.07) is 29.7. The Labute approximate surface area is 335 Å². The molecule has 1 aliphatic carbocycles.